The maximum Gasteiger partial charge on any atom is 0.154 e. The van der Waals surface area contributed by atoms with E-state index in [0.717, 1.165) is 16.6 Å². The number of rotatable bonds is 4. The molecular formula is C14H19ClN2O2S. The highest BCUT2D eigenvalue weighted by Crippen LogP contribution is 2.25. The highest BCUT2D eigenvalue weighted by atomic mass is 35.5. The van der Waals surface area contributed by atoms with Crippen molar-refractivity contribution in [1.29, 1.82) is 0 Å². The van der Waals surface area contributed by atoms with Crippen molar-refractivity contribution in [2.75, 3.05) is 6.26 Å². The van der Waals surface area contributed by atoms with Crippen LogP contribution in [-0.4, -0.2) is 29.0 Å². The van der Waals surface area contributed by atoms with Gasteiger partial charge < -0.3 is 4.57 Å². The van der Waals surface area contributed by atoms with Crippen molar-refractivity contribution >= 4 is 32.5 Å². The molecule has 0 radical (unpaired) electrons. The van der Waals surface area contributed by atoms with E-state index in [1.165, 1.54) is 6.26 Å². The second-order valence-electron chi connectivity index (χ2n) is 5.72. The van der Waals surface area contributed by atoms with Crippen molar-refractivity contribution in [3.8, 4) is 0 Å². The first-order valence-corrected chi connectivity index (χ1v) is 8.80. The Morgan fingerprint density at radius 3 is 2.55 bits per heavy atom. The molecule has 0 aliphatic heterocycles. The highest BCUT2D eigenvalue weighted by molar-refractivity contribution is 7.92. The number of halogens is 1. The quantitative estimate of drug-likeness (QED) is 0.815. The Morgan fingerprint density at radius 1 is 1.35 bits per heavy atom. The van der Waals surface area contributed by atoms with Gasteiger partial charge >= 0.3 is 0 Å². The fourth-order valence-electron chi connectivity index (χ4n) is 2.11. The Bertz CT molecular complexity index is 748. The molecule has 0 bridgehead atoms. The van der Waals surface area contributed by atoms with Crippen molar-refractivity contribution in [3.63, 3.8) is 0 Å². The number of imidazole rings is 1. The van der Waals surface area contributed by atoms with Crippen LogP contribution >= 0.6 is 11.6 Å². The Kier molecular flexibility index (Phi) is 3.86. The molecule has 6 heteroatoms. The van der Waals surface area contributed by atoms with Crippen LogP contribution in [0.5, 0.6) is 0 Å². The van der Waals surface area contributed by atoms with Gasteiger partial charge in [-0.2, -0.15) is 0 Å². The Balaban J connectivity index is 2.62. The number of hydrogen-bond donors (Lipinski definition) is 0. The van der Waals surface area contributed by atoms with Crippen molar-refractivity contribution in [2.45, 2.75) is 37.9 Å². The van der Waals surface area contributed by atoms with E-state index in [1.54, 1.807) is 13.8 Å². The summed E-state index contributed by atoms with van der Waals surface area (Å²) in [5, 5.41) is 0. The molecule has 1 aromatic heterocycles. The van der Waals surface area contributed by atoms with E-state index >= 15 is 0 Å². The van der Waals surface area contributed by atoms with Gasteiger partial charge in [0.05, 0.1) is 21.7 Å². The minimum Gasteiger partial charge on any atom is -0.325 e. The second kappa shape index (κ2) is 5.04. The molecule has 0 atom stereocenters. The smallest absolute Gasteiger partial charge is 0.154 e. The van der Waals surface area contributed by atoms with Crippen molar-refractivity contribution in [3.05, 3.63) is 29.6 Å². The molecule has 1 heterocycles. The third-order valence-electron chi connectivity index (χ3n) is 3.72. The van der Waals surface area contributed by atoms with Gasteiger partial charge in [-0.05, 0) is 32.4 Å². The number of aryl methyl sites for hydroxylation is 1. The topological polar surface area (TPSA) is 52.0 Å². The number of benzene rings is 1. The lowest BCUT2D eigenvalue weighted by Gasteiger charge is -2.24. The predicted octanol–water partition coefficient (Wildman–Crippen LogP) is 2.91. The van der Waals surface area contributed by atoms with Crippen molar-refractivity contribution in [1.82, 2.24) is 9.55 Å². The first kappa shape index (κ1) is 15.3. The summed E-state index contributed by atoms with van der Waals surface area (Å²) in [4.78, 5) is 4.53. The van der Waals surface area contributed by atoms with Crippen LogP contribution in [0.15, 0.2) is 18.2 Å². The summed E-state index contributed by atoms with van der Waals surface area (Å²) in [6.07, 6.45) is 1.26. The molecule has 1 aromatic carbocycles. The van der Waals surface area contributed by atoms with Crippen LogP contribution in [0.1, 0.15) is 25.2 Å². The van der Waals surface area contributed by atoms with E-state index in [-0.39, 0.29) is 5.88 Å². The minimum absolute atomic E-state index is 0.258. The molecule has 0 unspecified atom stereocenters. The summed E-state index contributed by atoms with van der Waals surface area (Å²) >= 11 is 5.97. The van der Waals surface area contributed by atoms with Crippen molar-refractivity contribution < 1.29 is 8.42 Å². The lowest BCUT2D eigenvalue weighted by atomic mass is 10.2. The third-order valence-corrected chi connectivity index (χ3v) is 6.10. The van der Waals surface area contributed by atoms with Gasteiger partial charge in [0.2, 0.25) is 0 Å². The molecule has 20 heavy (non-hydrogen) atoms. The lowest BCUT2D eigenvalue weighted by Crippen LogP contribution is -2.36. The van der Waals surface area contributed by atoms with Crippen LogP contribution in [-0.2, 0) is 22.3 Å². The standard InChI is InChI=1S/C14H19ClN2O2S/c1-10-6-5-7-11-13(10)16-12(8-15)17(11)9-14(2,3)20(4,18)19/h5-7H,8-9H2,1-4H3. The van der Waals surface area contributed by atoms with E-state index < -0.39 is 14.6 Å². The number of para-hydroxylation sites is 1. The fraction of sp³-hybridized carbons (Fsp3) is 0.500. The first-order valence-electron chi connectivity index (χ1n) is 6.37. The first-order chi connectivity index (χ1) is 9.17. The molecule has 0 aliphatic carbocycles. The van der Waals surface area contributed by atoms with Crippen molar-refractivity contribution in [2.24, 2.45) is 0 Å². The van der Waals surface area contributed by atoms with Gasteiger partial charge in [-0.1, -0.05) is 12.1 Å². The SMILES string of the molecule is Cc1cccc2c1nc(CCl)n2CC(C)(C)S(C)(=O)=O. The van der Waals surface area contributed by atoms with Crippen LogP contribution in [0, 0.1) is 6.92 Å². The van der Waals surface area contributed by atoms with Gasteiger partial charge in [0.15, 0.2) is 9.84 Å². The molecule has 4 nitrogen and oxygen atoms in total. The third kappa shape index (κ3) is 2.56. The normalized spacial score (nSPS) is 13.1. The van der Waals surface area contributed by atoms with Crippen LogP contribution in [0.4, 0.5) is 0 Å². The van der Waals surface area contributed by atoms with E-state index in [9.17, 15) is 8.42 Å². The molecule has 0 saturated heterocycles. The highest BCUT2D eigenvalue weighted by Gasteiger charge is 2.32. The summed E-state index contributed by atoms with van der Waals surface area (Å²) < 4.78 is 24.9. The van der Waals surface area contributed by atoms with Gasteiger partial charge in [0.25, 0.3) is 0 Å². The Morgan fingerprint density at radius 2 is 2.00 bits per heavy atom. The average Bonchev–Trinajstić information content (AvgIpc) is 2.67. The van der Waals surface area contributed by atoms with E-state index in [0.29, 0.717) is 12.4 Å². The summed E-state index contributed by atoms with van der Waals surface area (Å²) in [6.45, 7) is 5.77. The van der Waals surface area contributed by atoms with E-state index in [1.807, 2.05) is 29.7 Å². The van der Waals surface area contributed by atoms with Gasteiger partial charge in [-0.15, -0.1) is 11.6 Å². The predicted molar refractivity (Wildman–Crippen MR) is 82.9 cm³/mol. The number of sulfone groups is 1. The Hall–Kier alpha value is -1.07. The number of alkyl halides is 1. The fourth-order valence-corrected chi connectivity index (χ4v) is 2.68. The molecule has 0 spiro atoms. The molecule has 0 aliphatic rings. The molecule has 0 saturated carbocycles. The minimum atomic E-state index is -3.17. The summed E-state index contributed by atoms with van der Waals surface area (Å²) in [6, 6.07) is 5.88. The molecule has 0 amide bonds. The molecule has 2 aromatic rings. The second-order valence-corrected chi connectivity index (χ2v) is 8.64. The van der Waals surface area contributed by atoms with Gasteiger partial charge in [0.1, 0.15) is 5.82 Å². The van der Waals surface area contributed by atoms with Gasteiger partial charge in [-0.25, -0.2) is 13.4 Å². The zero-order valence-electron chi connectivity index (χ0n) is 12.1. The van der Waals surface area contributed by atoms with Gasteiger partial charge in [-0.3, -0.25) is 0 Å². The van der Waals surface area contributed by atoms with Crippen LogP contribution in [0.2, 0.25) is 0 Å². The molecule has 110 valence electrons. The number of aromatic nitrogens is 2. The summed E-state index contributed by atoms with van der Waals surface area (Å²) in [5.74, 6) is 0.959. The molecule has 0 N–H and O–H groups in total. The zero-order chi connectivity index (χ0) is 15.1. The Labute approximate surface area is 124 Å². The largest absolute Gasteiger partial charge is 0.325 e. The van der Waals surface area contributed by atoms with E-state index in [2.05, 4.69) is 4.98 Å². The zero-order valence-corrected chi connectivity index (χ0v) is 13.7. The van der Waals surface area contributed by atoms with Gasteiger partial charge in [0, 0.05) is 12.8 Å². The number of fused-ring (bicyclic) bond motifs is 1. The monoisotopic (exact) mass is 314 g/mol. The maximum absolute atomic E-state index is 11.9. The molecule has 0 fully saturated rings. The summed E-state index contributed by atoms with van der Waals surface area (Å²) in [7, 11) is -3.17. The van der Waals surface area contributed by atoms with Crippen LogP contribution < -0.4 is 0 Å². The van der Waals surface area contributed by atoms with Crippen LogP contribution in [0.25, 0.3) is 11.0 Å². The maximum atomic E-state index is 11.9. The molecule has 2 rings (SSSR count). The van der Waals surface area contributed by atoms with Crippen LogP contribution in [0.3, 0.4) is 0 Å². The average molecular weight is 315 g/mol. The lowest BCUT2D eigenvalue weighted by molar-refractivity contribution is 0.503. The number of nitrogens with zero attached hydrogens (tertiary/aromatic N) is 2. The number of hydrogen-bond acceptors (Lipinski definition) is 3. The summed E-state index contributed by atoms with van der Waals surface area (Å²) in [5.41, 5.74) is 2.87. The molecular weight excluding hydrogens is 296 g/mol. The van der Waals surface area contributed by atoms with E-state index in [4.69, 9.17) is 11.6 Å².